The van der Waals surface area contributed by atoms with Gasteiger partial charge in [-0.1, -0.05) is 96.9 Å². The van der Waals surface area contributed by atoms with Crippen molar-refractivity contribution in [1.29, 1.82) is 0 Å². The topological polar surface area (TPSA) is 66.8 Å². The van der Waals surface area contributed by atoms with Crippen LogP contribution in [-0.4, -0.2) is 46.7 Å². The Morgan fingerprint density at radius 2 is 1.36 bits per heavy atom. The smallest absolute Gasteiger partial charge is 0.302 e. The molecule has 1 N–H and O–H groups in total. The molecule has 1 rings (SSSR count). The molecule has 5 nitrogen and oxygen atoms in total. The summed E-state index contributed by atoms with van der Waals surface area (Å²) in [6, 6.07) is 0.0803. The Morgan fingerprint density at radius 1 is 0.861 bits per heavy atom. The number of aliphatic hydroxyl groups is 1. The van der Waals surface area contributed by atoms with Gasteiger partial charge >= 0.3 is 5.97 Å². The fraction of sp³-hybridized carbons (Fsp3) is 0.935. The molecule has 1 fully saturated rings. The van der Waals surface area contributed by atoms with E-state index in [2.05, 4.69) is 81.1 Å². The Bertz CT molecular complexity index is 779. The molecule has 0 spiro atoms. The minimum absolute atomic E-state index is 0.0637. The Hall–Kier alpha value is -1.10. The second-order valence-electron chi connectivity index (χ2n) is 16.1. The first-order valence-corrected chi connectivity index (χ1v) is 13.9. The number of likely N-dealkylation sites (tertiary alicyclic amines) is 1. The van der Waals surface area contributed by atoms with Gasteiger partial charge in [0, 0.05) is 31.3 Å². The predicted molar refractivity (Wildman–Crippen MR) is 150 cm³/mol. The van der Waals surface area contributed by atoms with Crippen LogP contribution in [0.4, 0.5) is 0 Å². The lowest BCUT2D eigenvalue weighted by Gasteiger charge is -2.56. The number of carbonyl (C=O) groups is 2. The van der Waals surface area contributed by atoms with Crippen LogP contribution < -0.4 is 0 Å². The molecule has 1 aliphatic rings. The SMILES string of the molecule is CC(=O)OC(CC(C)(C)C(C)(C)C(CC(C)(C)C)N1CCCC1=O)C(C)(C)C(C)(C)C(O)C(C)(C)C. The number of nitrogens with zero attached hydrogens (tertiary/aromatic N) is 1. The van der Waals surface area contributed by atoms with Gasteiger partial charge in [-0.2, -0.15) is 0 Å². The van der Waals surface area contributed by atoms with Gasteiger partial charge in [0.05, 0.1) is 6.10 Å². The largest absolute Gasteiger partial charge is 0.462 e. The second-order valence-corrected chi connectivity index (χ2v) is 16.1. The minimum atomic E-state index is -0.593. The highest BCUT2D eigenvalue weighted by molar-refractivity contribution is 5.78. The van der Waals surface area contributed by atoms with Crippen LogP contribution in [0.25, 0.3) is 0 Å². The van der Waals surface area contributed by atoms with E-state index in [-0.39, 0.29) is 39.6 Å². The Labute approximate surface area is 223 Å². The monoisotopic (exact) mass is 509 g/mol. The van der Waals surface area contributed by atoms with Gasteiger partial charge in [0.2, 0.25) is 5.91 Å². The third kappa shape index (κ3) is 7.05. The van der Waals surface area contributed by atoms with Gasteiger partial charge in [0.1, 0.15) is 6.10 Å². The Kier molecular flexibility index (Phi) is 9.67. The third-order valence-electron chi connectivity index (χ3n) is 9.84. The van der Waals surface area contributed by atoms with Gasteiger partial charge in [0.15, 0.2) is 0 Å². The average molecular weight is 510 g/mol. The Morgan fingerprint density at radius 3 is 1.72 bits per heavy atom. The molecular formula is C31H59NO4. The van der Waals surface area contributed by atoms with Gasteiger partial charge < -0.3 is 14.7 Å². The van der Waals surface area contributed by atoms with Crippen molar-refractivity contribution in [2.24, 2.45) is 32.5 Å². The molecule has 0 radical (unpaired) electrons. The second kappa shape index (κ2) is 10.6. The first-order valence-electron chi connectivity index (χ1n) is 13.9. The number of hydrogen-bond acceptors (Lipinski definition) is 4. The normalized spacial score (nSPS) is 19.3. The van der Waals surface area contributed by atoms with E-state index in [4.69, 9.17) is 4.74 Å². The summed E-state index contributed by atoms with van der Waals surface area (Å²) in [5.41, 5.74) is -1.81. The highest BCUT2D eigenvalue weighted by atomic mass is 16.5. The molecule has 212 valence electrons. The zero-order valence-electron chi connectivity index (χ0n) is 26.4. The quantitative estimate of drug-likeness (QED) is 0.315. The van der Waals surface area contributed by atoms with E-state index in [0.717, 1.165) is 19.4 Å². The number of aliphatic hydroxyl groups excluding tert-OH is 1. The van der Waals surface area contributed by atoms with Gasteiger partial charge in [-0.05, 0) is 46.3 Å². The highest BCUT2D eigenvalue weighted by Gasteiger charge is 2.55. The summed E-state index contributed by atoms with van der Waals surface area (Å²) in [7, 11) is 0. The number of ether oxygens (including phenoxy) is 1. The fourth-order valence-electron chi connectivity index (χ4n) is 6.01. The zero-order chi connectivity index (χ0) is 28.7. The maximum absolute atomic E-state index is 12.9. The standard InChI is InChI=1S/C31H59NO4/c1-21(33)36-23(30(12,13)31(14,15)25(35)27(5,6)7)20-28(8,9)29(10,11)22(19-26(2,3)4)32-18-16-17-24(32)34/h22-23,25,35H,16-20H2,1-15H3. The molecule has 1 saturated heterocycles. The lowest BCUT2D eigenvalue weighted by Crippen LogP contribution is -2.58. The Balaban J connectivity index is 3.52. The van der Waals surface area contributed by atoms with E-state index in [1.54, 1.807) is 0 Å². The van der Waals surface area contributed by atoms with E-state index < -0.39 is 23.0 Å². The molecule has 3 atom stereocenters. The number of amides is 1. The summed E-state index contributed by atoms with van der Waals surface area (Å²) < 4.78 is 6.09. The molecule has 0 aliphatic carbocycles. The lowest BCUT2D eigenvalue weighted by molar-refractivity contribution is -0.181. The molecule has 0 aromatic heterocycles. The number of carbonyl (C=O) groups excluding carboxylic acids is 2. The molecule has 0 aromatic rings. The van der Waals surface area contributed by atoms with Crippen LogP contribution in [-0.2, 0) is 14.3 Å². The van der Waals surface area contributed by atoms with Gasteiger partial charge in [-0.3, -0.25) is 9.59 Å². The van der Waals surface area contributed by atoms with E-state index in [1.165, 1.54) is 6.92 Å². The number of esters is 1. The third-order valence-corrected chi connectivity index (χ3v) is 9.84. The van der Waals surface area contributed by atoms with Gasteiger partial charge in [-0.15, -0.1) is 0 Å². The lowest BCUT2D eigenvalue weighted by atomic mass is 9.53. The molecule has 1 amide bonds. The molecule has 0 bridgehead atoms. The molecule has 1 aliphatic heterocycles. The van der Waals surface area contributed by atoms with Crippen LogP contribution in [0.1, 0.15) is 130 Å². The predicted octanol–water partition coefficient (Wildman–Crippen LogP) is 7.25. The first-order chi connectivity index (χ1) is 15.8. The van der Waals surface area contributed by atoms with Crippen molar-refractivity contribution >= 4 is 11.9 Å². The molecule has 3 unspecified atom stereocenters. The summed E-state index contributed by atoms with van der Waals surface area (Å²) >= 11 is 0. The maximum atomic E-state index is 12.9. The molecule has 0 aromatic carbocycles. The van der Waals surface area contributed by atoms with Crippen molar-refractivity contribution in [1.82, 2.24) is 4.90 Å². The van der Waals surface area contributed by atoms with Crippen LogP contribution in [0.2, 0.25) is 0 Å². The van der Waals surface area contributed by atoms with Crippen LogP contribution in [0.3, 0.4) is 0 Å². The molecule has 36 heavy (non-hydrogen) atoms. The average Bonchev–Trinajstić information content (AvgIpc) is 3.08. The number of rotatable bonds is 10. The van der Waals surface area contributed by atoms with Crippen molar-refractivity contribution in [3.05, 3.63) is 0 Å². The van der Waals surface area contributed by atoms with Crippen molar-refractivity contribution < 1.29 is 19.4 Å². The van der Waals surface area contributed by atoms with Crippen LogP contribution in [0.5, 0.6) is 0 Å². The van der Waals surface area contributed by atoms with E-state index in [0.29, 0.717) is 12.8 Å². The van der Waals surface area contributed by atoms with Crippen molar-refractivity contribution in [3.63, 3.8) is 0 Å². The summed E-state index contributed by atoms with van der Waals surface area (Å²) in [6.45, 7) is 32.6. The zero-order valence-corrected chi connectivity index (χ0v) is 26.4. The fourth-order valence-corrected chi connectivity index (χ4v) is 6.01. The van der Waals surface area contributed by atoms with Gasteiger partial charge in [0.25, 0.3) is 0 Å². The first kappa shape index (κ1) is 32.9. The summed E-state index contributed by atoms with van der Waals surface area (Å²) in [4.78, 5) is 27.4. The number of hydrogen-bond donors (Lipinski definition) is 1. The molecule has 1 heterocycles. The maximum Gasteiger partial charge on any atom is 0.302 e. The van der Waals surface area contributed by atoms with Crippen LogP contribution >= 0.6 is 0 Å². The summed E-state index contributed by atoms with van der Waals surface area (Å²) in [5, 5.41) is 11.4. The van der Waals surface area contributed by atoms with Crippen molar-refractivity contribution in [2.75, 3.05) is 6.54 Å². The molecule has 5 heteroatoms. The van der Waals surface area contributed by atoms with Crippen LogP contribution in [0, 0.1) is 32.5 Å². The van der Waals surface area contributed by atoms with E-state index >= 15 is 0 Å². The van der Waals surface area contributed by atoms with Crippen molar-refractivity contribution in [2.45, 2.75) is 148 Å². The van der Waals surface area contributed by atoms with E-state index in [9.17, 15) is 14.7 Å². The van der Waals surface area contributed by atoms with Crippen LogP contribution in [0.15, 0.2) is 0 Å². The van der Waals surface area contributed by atoms with Gasteiger partial charge in [-0.25, -0.2) is 0 Å². The minimum Gasteiger partial charge on any atom is -0.462 e. The van der Waals surface area contributed by atoms with Crippen molar-refractivity contribution in [3.8, 4) is 0 Å². The summed E-state index contributed by atoms with van der Waals surface area (Å²) in [6.07, 6.45) is 2.09. The summed E-state index contributed by atoms with van der Waals surface area (Å²) in [5.74, 6) is -0.0527. The highest BCUT2D eigenvalue weighted by Crippen LogP contribution is 2.55. The molecule has 0 saturated carbocycles. The molecular weight excluding hydrogens is 450 g/mol. The van der Waals surface area contributed by atoms with E-state index in [1.807, 2.05) is 20.8 Å².